The molecule has 2 N–H and O–H groups in total. The van der Waals surface area contributed by atoms with Gasteiger partial charge in [0.2, 0.25) is 17.6 Å². The van der Waals surface area contributed by atoms with Gasteiger partial charge in [0.25, 0.3) is 11.8 Å². The first-order valence-corrected chi connectivity index (χ1v) is 16.3. The number of hydrogen-bond acceptors (Lipinski definition) is 7. The van der Waals surface area contributed by atoms with Crippen LogP contribution in [0.3, 0.4) is 0 Å². The van der Waals surface area contributed by atoms with Crippen molar-refractivity contribution in [2.24, 2.45) is 17.8 Å². The highest BCUT2D eigenvalue weighted by molar-refractivity contribution is 6.58. The first-order valence-electron chi connectivity index (χ1n) is 15.6. The van der Waals surface area contributed by atoms with Crippen molar-refractivity contribution in [2.45, 2.75) is 34.9 Å². The van der Waals surface area contributed by atoms with Gasteiger partial charge in [0.05, 0.1) is 18.9 Å². The second-order valence-corrected chi connectivity index (χ2v) is 14.1. The molecule has 4 aliphatic rings. The fourth-order valence-electron chi connectivity index (χ4n) is 8.04. The predicted octanol–water partition coefficient (Wildman–Crippen LogP) is 5.61. The van der Waals surface area contributed by atoms with Crippen LogP contribution in [0.4, 0.5) is 27.6 Å². The summed E-state index contributed by atoms with van der Waals surface area (Å²) >= 11 is 14.3. The number of rotatable bonds is 6. The van der Waals surface area contributed by atoms with E-state index in [2.05, 4.69) is 0 Å². The largest absolute Gasteiger partial charge is 0.508 e. The number of alkyl halides is 2. The predicted molar refractivity (Wildman–Crippen MR) is 170 cm³/mol. The minimum absolute atomic E-state index is 0.0258. The van der Waals surface area contributed by atoms with Gasteiger partial charge >= 0.3 is 0 Å². The van der Waals surface area contributed by atoms with Gasteiger partial charge in [-0.15, -0.1) is 23.2 Å². The summed E-state index contributed by atoms with van der Waals surface area (Å²) in [5, 5.41) is 19.8. The number of allylic oxidation sites excluding steroid dienone is 2. The molecule has 0 spiro atoms. The number of carbonyl (C=O) groups is 4. The van der Waals surface area contributed by atoms with E-state index in [1.165, 1.54) is 31.4 Å². The summed E-state index contributed by atoms with van der Waals surface area (Å²) in [5.74, 6) is -21.8. The molecule has 2 aliphatic carbocycles. The number of fused-ring (bicyclic) bond motifs is 4. The van der Waals surface area contributed by atoms with E-state index >= 15 is 8.78 Å². The molecule has 3 aromatic rings. The molecular weight excluding hydrogens is 726 g/mol. The van der Waals surface area contributed by atoms with Gasteiger partial charge in [-0.1, -0.05) is 29.8 Å². The van der Waals surface area contributed by atoms with Crippen LogP contribution >= 0.6 is 23.2 Å². The van der Waals surface area contributed by atoms with Gasteiger partial charge in [-0.2, -0.15) is 0 Å². The number of nitrogens with zero attached hydrogens (tertiary/aromatic N) is 2. The lowest BCUT2D eigenvalue weighted by atomic mass is 9.56. The monoisotopic (exact) mass is 750 g/mol. The molecule has 16 heteroatoms. The average Bonchev–Trinajstić information content (AvgIpc) is 3.44. The van der Waals surface area contributed by atoms with Gasteiger partial charge in [0.1, 0.15) is 22.9 Å². The fraction of sp³-hybridized carbons (Fsp3) is 0.314. The normalized spacial score (nSPS) is 28.5. The summed E-state index contributed by atoms with van der Waals surface area (Å²) < 4.78 is 78.8. The van der Waals surface area contributed by atoms with Crippen LogP contribution in [0.15, 0.2) is 54.1 Å². The highest BCUT2D eigenvalue weighted by atomic mass is 35.5. The zero-order chi connectivity index (χ0) is 36.9. The zero-order valence-electron chi connectivity index (χ0n) is 26.2. The Hall–Kier alpha value is -4.69. The average molecular weight is 751 g/mol. The molecule has 7 rings (SSSR count). The van der Waals surface area contributed by atoms with Crippen LogP contribution in [-0.2, 0) is 25.6 Å². The lowest BCUT2D eigenvalue weighted by Crippen LogP contribution is -2.60. The second-order valence-electron chi connectivity index (χ2n) is 12.9. The summed E-state index contributed by atoms with van der Waals surface area (Å²) in [6, 6.07) is 9.79. The molecule has 2 heterocycles. The standard InChI is InChI=1S/C35H25Cl2F5N2O7/c1-51-21-12-16(46)6-7-18(21)23-17-8-9-19-22(31(48)43(30(19)47)11-10-14-2-4-15(45)5-3-14)20(17)13-34(36)32(49)44(33(50)35(23,34)37)29-27(41)25(39)24(38)26(40)28(29)42/h2-8,12,19-20,22-23,45-46H,9-11,13H2,1H3/t19-,20+,22-,23+,34+,35-/m0/s1. The molecule has 0 radical (unpaired) electrons. The molecule has 0 bridgehead atoms. The number of phenols is 2. The highest BCUT2D eigenvalue weighted by Gasteiger charge is 2.77. The Labute approximate surface area is 295 Å². The maximum Gasteiger partial charge on any atom is 0.258 e. The van der Waals surface area contributed by atoms with Crippen molar-refractivity contribution in [1.82, 2.24) is 4.90 Å². The van der Waals surface area contributed by atoms with E-state index in [-0.39, 0.29) is 52.7 Å². The van der Waals surface area contributed by atoms with Crippen molar-refractivity contribution in [3.8, 4) is 17.2 Å². The number of likely N-dealkylation sites (tertiary alicyclic amines) is 1. The van der Waals surface area contributed by atoms with E-state index in [0.29, 0.717) is 5.56 Å². The molecule has 0 unspecified atom stereocenters. The molecule has 0 aromatic heterocycles. The molecule has 9 nitrogen and oxygen atoms in total. The van der Waals surface area contributed by atoms with Crippen LogP contribution in [0.25, 0.3) is 0 Å². The fourth-order valence-corrected chi connectivity index (χ4v) is 8.97. The van der Waals surface area contributed by atoms with Crippen LogP contribution in [0.2, 0.25) is 0 Å². The van der Waals surface area contributed by atoms with Crippen molar-refractivity contribution in [1.29, 1.82) is 0 Å². The molecule has 3 fully saturated rings. The maximum absolute atomic E-state index is 15.2. The smallest absolute Gasteiger partial charge is 0.258 e. The number of ether oxygens (including phenoxy) is 1. The number of aromatic hydroxyl groups is 2. The number of amides is 4. The van der Waals surface area contributed by atoms with Crippen LogP contribution < -0.4 is 9.64 Å². The summed E-state index contributed by atoms with van der Waals surface area (Å²) in [5.41, 5.74) is -0.886. The summed E-state index contributed by atoms with van der Waals surface area (Å²) in [4.78, 5) is 51.9. The van der Waals surface area contributed by atoms with E-state index in [1.54, 1.807) is 18.2 Å². The van der Waals surface area contributed by atoms with E-state index in [4.69, 9.17) is 27.9 Å². The molecule has 2 aliphatic heterocycles. The van der Waals surface area contributed by atoms with Crippen molar-refractivity contribution < 1.29 is 56.1 Å². The minimum atomic E-state index is -2.73. The summed E-state index contributed by atoms with van der Waals surface area (Å²) in [6.07, 6.45) is 1.13. The number of phenolic OH excluding ortho intramolecular Hbond substituents is 2. The topological polar surface area (TPSA) is 124 Å². The van der Waals surface area contributed by atoms with Crippen molar-refractivity contribution >= 4 is 52.5 Å². The first-order chi connectivity index (χ1) is 24.1. The van der Waals surface area contributed by atoms with Crippen LogP contribution in [0, 0.1) is 46.8 Å². The van der Waals surface area contributed by atoms with Gasteiger partial charge in [-0.05, 0) is 48.9 Å². The second kappa shape index (κ2) is 11.9. The number of methoxy groups -OCH3 is 1. The molecule has 266 valence electrons. The third-order valence-electron chi connectivity index (χ3n) is 10.4. The van der Waals surface area contributed by atoms with Crippen molar-refractivity contribution in [2.75, 3.05) is 18.6 Å². The lowest BCUT2D eigenvalue weighted by Gasteiger charge is -2.50. The van der Waals surface area contributed by atoms with E-state index in [1.807, 2.05) is 0 Å². The number of halogens is 7. The van der Waals surface area contributed by atoms with Crippen molar-refractivity contribution in [3.05, 3.63) is 94.3 Å². The van der Waals surface area contributed by atoms with Gasteiger partial charge in [-0.25, -0.2) is 26.9 Å². The van der Waals surface area contributed by atoms with Crippen LogP contribution in [0.5, 0.6) is 17.2 Å². The van der Waals surface area contributed by atoms with Crippen LogP contribution in [-0.4, -0.2) is 62.1 Å². The third kappa shape index (κ3) is 4.71. The molecule has 6 atom stereocenters. The number of hydrogen-bond donors (Lipinski definition) is 2. The third-order valence-corrected chi connectivity index (χ3v) is 11.8. The SMILES string of the molecule is COc1cc(O)ccc1[C@H]1C2=CC[C@@H]3C(=O)N(CCc4ccc(O)cc4)C(=O)[C@@H]3[C@@H]2C[C@@]2(Cl)C(=O)N(c3c(F)c(F)c(F)c(F)c3F)C(=O)[C@@]12Cl. The van der Waals surface area contributed by atoms with Gasteiger partial charge in [0, 0.05) is 24.1 Å². The lowest BCUT2D eigenvalue weighted by molar-refractivity contribution is -0.140. The Kier molecular flexibility index (Phi) is 8.14. The Balaban J connectivity index is 1.37. The summed E-state index contributed by atoms with van der Waals surface area (Å²) in [7, 11) is 1.21. The van der Waals surface area contributed by atoms with Crippen molar-refractivity contribution in [3.63, 3.8) is 0 Å². The number of benzene rings is 3. The van der Waals surface area contributed by atoms with Gasteiger partial charge < -0.3 is 14.9 Å². The number of carbonyl (C=O) groups excluding carboxylic acids is 4. The Morgan fingerprint density at radius 3 is 2.06 bits per heavy atom. The Bertz CT molecular complexity index is 2070. The number of anilines is 1. The van der Waals surface area contributed by atoms with Gasteiger partial charge in [-0.3, -0.25) is 24.1 Å². The summed E-state index contributed by atoms with van der Waals surface area (Å²) in [6.45, 7) is -0.0381. The van der Waals surface area contributed by atoms with Gasteiger partial charge in [0.15, 0.2) is 33.0 Å². The molecule has 1 saturated carbocycles. The van der Waals surface area contributed by atoms with E-state index in [9.17, 15) is 42.6 Å². The van der Waals surface area contributed by atoms with E-state index < -0.39 is 98.2 Å². The quantitative estimate of drug-likeness (QED) is 0.0839. The molecule has 4 amide bonds. The highest BCUT2D eigenvalue weighted by Crippen LogP contribution is 2.66. The Morgan fingerprint density at radius 2 is 1.43 bits per heavy atom. The molecule has 2 saturated heterocycles. The maximum atomic E-state index is 15.2. The molecular formula is C35H25Cl2F5N2O7. The van der Waals surface area contributed by atoms with E-state index in [0.717, 1.165) is 11.0 Å². The first kappa shape index (κ1) is 34.7. The van der Waals surface area contributed by atoms with Crippen LogP contribution in [0.1, 0.15) is 29.9 Å². The minimum Gasteiger partial charge on any atom is -0.508 e. The zero-order valence-corrected chi connectivity index (χ0v) is 27.7. The number of imide groups is 2. The molecule has 3 aromatic carbocycles. The molecule has 51 heavy (non-hydrogen) atoms. The Morgan fingerprint density at radius 1 is 0.824 bits per heavy atom.